The first-order chi connectivity index (χ1) is 10.7. The van der Waals surface area contributed by atoms with Gasteiger partial charge in [0.15, 0.2) is 5.16 Å². The molecule has 0 aliphatic rings. The van der Waals surface area contributed by atoms with Gasteiger partial charge in [-0.1, -0.05) is 23.9 Å². The van der Waals surface area contributed by atoms with Crippen LogP contribution in [0.15, 0.2) is 40.3 Å². The molecule has 1 aromatic carbocycles. The third kappa shape index (κ3) is 2.21. The number of nitrogen functional groups attached to an aromatic ring is 1. The predicted molar refractivity (Wildman–Crippen MR) is 83.7 cm³/mol. The highest BCUT2D eigenvalue weighted by molar-refractivity contribution is 7.98. The van der Waals surface area contributed by atoms with E-state index in [-0.39, 0.29) is 17.3 Å². The van der Waals surface area contributed by atoms with E-state index in [2.05, 4.69) is 25.0 Å². The zero-order valence-electron chi connectivity index (χ0n) is 11.3. The molecule has 110 valence electrons. The van der Waals surface area contributed by atoms with E-state index in [1.807, 2.05) is 24.3 Å². The number of rotatable bonds is 3. The molecule has 4 aromatic rings. The number of benzene rings is 1. The van der Waals surface area contributed by atoms with Crippen LogP contribution in [0.4, 0.5) is 5.95 Å². The molecule has 9 heteroatoms. The van der Waals surface area contributed by atoms with Gasteiger partial charge in [-0.3, -0.25) is 9.89 Å². The van der Waals surface area contributed by atoms with Crippen molar-refractivity contribution < 1.29 is 0 Å². The van der Waals surface area contributed by atoms with Crippen molar-refractivity contribution in [1.29, 1.82) is 0 Å². The zero-order chi connectivity index (χ0) is 15.1. The van der Waals surface area contributed by atoms with E-state index in [9.17, 15) is 4.79 Å². The lowest BCUT2D eigenvalue weighted by Gasteiger charge is -1.98. The number of nitrogens with one attached hydrogen (secondary N) is 2. The standard InChI is InChI=1S/C13H11N7OS/c14-11-18-12-15-7(5-10(21)20(12)19-11)6-22-13-16-8-3-1-2-4-9(8)17-13/h1-5H,6H2,(H,16,17)(H3,14,15,18,19). The van der Waals surface area contributed by atoms with E-state index in [0.717, 1.165) is 16.2 Å². The fourth-order valence-corrected chi connectivity index (χ4v) is 2.94. The van der Waals surface area contributed by atoms with E-state index in [4.69, 9.17) is 5.73 Å². The van der Waals surface area contributed by atoms with Crippen molar-refractivity contribution in [3.8, 4) is 0 Å². The number of nitrogens with two attached hydrogens (primary N) is 1. The number of fused-ring (bicyclic) bond motifs is 2. The van der Waals surface area contributed by atoms with Crippen LogP contribution < -0.4 is 11.3 Å². The monoisotopic (exact) mass is 313 g/mol. The highest BCUT2D eigenvalue weighted by atomic mass is 32.2. The van der Waals surface area contributed by atoms with Gasteiger partial charge in [0.2, 0.25) is 5.95 Å². The summed E-state index contributed by atoms with van der Waals surface area (Å²) in [7, 11) is 0. The third-order valence-electron chi connectivity index (χ3n) is 3.13. The number of H-pyrrole nitrogens is 2. The molecule has 0 atom stereocenters. The first kappa shape index (κ1) is 12.9. The Morgan fingerprint density at radius 2 is 2.09 bits per heavy atom. The van der Waals surface area contributed by atoms with Gasteiger partial charge in [-0.15, -0.1) is 0 Å². The Morgan fingerprint density at radius 1 is 1.23 bits per heavy atom. The van der Waals surface area contributed by atoms with Crippen LogP contribution in [0.3, 0.4) is 0 Å². The molecule has 22 heavy (non-hydrogen) atoms. The van der Waals surface area contributed by atoms with Crippen molar-refractivity contribution in [3.63, 3.8) is 0 Å². The average molecular weight is 313 g/mol. The van der Waals surface area contributed by atoms with Gasteiger partial charge in [0.25, 0.3) is 11.3 Å². The Hall–Kier alpha value is -2.81. The number of hydrogen-bond donors (Lipinski definition) is 3. The van der Waals surface area contributed by atoms with Crippen LogP contribution in [0.2, 0.25) is 0 Å². The lowest BCUT2D eigenvalue weighted by molar-refractivity contribution is 0.891. The van der Waals surface area contributed by atoms with Crippen molar-refractivity contribution in [2.24, 2.45) is 0 Å². The Bertz CT molecular complexity index is 999. The number of nitrogens with zero attached hydrogens (tertiary/aromatic N) is 4. The molecule has 3 heterocycles. The fourth-order valence-electron chi connectivity index (χ4n) is 2.16. The summed E-state index contributed by atoms with van der Waals surface area (Å²) < 4.78 is 1.21. The van der Waals surface area contributed by atoms with Crippen molar-refractivity contribution in [2.45, 2.75) is 10.9 Å². The molecule has 0 fully saturated rings. The zero-order valence-corrected chi connectivity index (χ0v) is 12.1. The number of hydrogen-bond acceptors (Lipinski definition) is 6. The summed E-state index contributed by atoms with van der Waals surface area (Å²) in [5.41, 5.74) is 7.81. The Labute approximate surface area is 127 Å². The molecule has 0 saturated heterocycles. The highest BCUT2D eigenvalue weighted by Crippen LogP contribution is 2.21. The topological polar surface area (TPSA) is 118 Å². The van der Waals surface area contributed by atoms with Gasteiger partial charge in [0.05, 0.1) is 16.7 Å². The molecule has 0 amide bonds. The predicted octanol–water partition coefficient (Wildman–Crippen LogP) is 1.17. The molecule has 0 unspecified atom stereocenters. The maximum Gasteiger partial charge on any atom is 0.274 e. The molecule has 4 N–H and O–H groups in total. The third-order valence-corrected chi connectivity index (χ3v) is 4.03. The van der Waals surface area contributed by atoms with Gasteiger partial charge < -0.3 is 10.7 Å². The maximum absolute atomic E-state index is 11.9. The van der Waals surface area contributed by atoms with Crippen LogP contribution >= 0.6 is 11.8 Å². The summed E-state index contributed by atoms with van der Waals surface area (Å²) in [5.74, 6) is 0.940. The number of para-hydroxylation sites is 2. The molecular formula is C13H11N7OS. The first-order valence-electron chi connectivity index (χ1n) is 6.51. The number of aromatic nitrogens is 6. The van der Waals surface area contributed by atoms with E-state index >= 15 is 0 Å². The van der Waals surface area contributed by atoms with E-state index < -0.39 is 0 Å². The second kappa shape index (κ2) is 4.88. The SMILES string of the molecule is Nc1nc2nc(CSc3nc4ccccc4[nH]3)cc(=O)n2[nH]1. The highest BCUT2D eigenvalue weighted by Gasteiger charge is 2.08. The number of anilines is 1. The van der Waals surface area contributed by atoms with Gasteiger partial charge >= 0.3 is 0 Å². The van der Waals surface area contributed by atoms with Crippen LogP contribution in [0.1, 0.15) is 5.69 Å². The summed E-state index contributed by atoms with van der Waals surface area (Å²) in [6, 6.07) is 9.26. The number of aromatic amines is 2. The van der Waals surface area contributed by atoms with E-state index in [0.29, 0.717) is 11.4 Å². The van der Waals surface area contributed by atoms with Crippen molar-refractivity contribution in [2.75, 3.05) is 5.73 Å². The fraction of sp³-hybridized carbons (Fsp3) is 0.0769. The van der Waals surface area contributed by atoms with Gasteiger partial charge in [0, 0.05) is 11.8 Å². The molecule has 0 aliphatic carbocycles. The molecule has 0 aliphatic heterocycles. The second-order valence-corrected chi connectivity index (χ2v) is 5.64. The number of thioether (sulfide) groups is 1. The lowest BCUT2D eigenvalue weighted by Crippen LogP contribution is -2.15. The molecule has 4 rings (SSSR count). The number of imidazole rings is 1. The van der Waals surface area contributed by atoms with Crippen molar-refractivity contribution in [1.82, 2.24) is 29.5 Å². The van der Waals surface area contributed by atoms with Crippen LogP contribution in [-0.2, 0) is 5.75 Å². The van der Waals surface area contributed by atoms with Gasteiger partial charge in [-0.05, 0) is 12.1 Å². The normalized spacial score (nSPS) is 11.5. The van der Waals surface area contributed by atoms with Gasteiger partial charge in [-0.25, -0.2) is 9.97 Å². The van der Waals surface area contributed by atoms with Crippen LogP contribution in [0, 0.1) is 0 Å². The molecular weight excluding hydrogens is 302 g/mol. The summed E-state index contributed by atoms with van der Waals surface area (Å²) in [6.45, 7) is 0. The molecule has 3 aromatic heterocycles. The largest absolute Gasteiger partial charge is 0.368 e. The molecule has 0 bridgehead atoms. The van der Waals surface area contributed by atoms with Crippen molar-refractivity contribution in [3.05, 3.63) is 46.4 Å². The van der Waals surface area contributed by atoms with Crippen LogP contribution in [0.5, 0.6) is 0 Å². The van der Waals surface area contributed by atoms with Gasteiger partial charge in [0.1, 0.15) is 0 Å². The Balaban J connectivity index is 1.61. The Morgan fingerprint density at radius 3 is 2.95 bits per heavy atom. The first-order valence-corrected chi connectivity index (χ1v) is 7.49. The minimum Gasteiger partial charge on any atom is -0.368 e. The van der Waals surface area contributed by atoms with Crippen molar-refractivity contribution >= 4 is 34.5 Å². The minimum atomic E-state index is -0.241. The quantitative estimate of drug-likeness (QED) is 0.489. The summed E-state index contributed by atoms with van der Waals surface area (Å²) in [4.78, 5) is 27.9. The maximum atomic E-state index is 11.9. The Kier molecular flexibility index (Phi) is 2.86. The van der Waals surface area contributed by atoms with Gasteiger partial charge in [-0.2, -0.15) is 9.50 Å². The lowest BCUT2D eigenvalue weighted by atomic mass is 10.3. The smallest absolute Gasteiger partial charge is 0.274 e. The average Bonchev–Trinajstić information content (AvgIpc) is 3.07. The second-order valence-electron chi connectivity index (χ2n) is 4.68. The molecule has 8 nitrogen and oxygen atoms in total. The minimum absolute atomic E-state index is 0.159. The van der Waals surface area contributed by atoms with Crippen LogP contribution in [0.25, 0.3) is 16.8 Å². The van der Waals surface area contributed by atoms with Crippen LogP contribution in [-0.4, -0.2) is 29.5 Å². The molecule has 0 radical (unpaired) electrons. The molecule has 0 spiro atoms. The summed E-state index contributed by atoms with van der Waals surface area (Å²) in [6.07, 6.45) is 0. The van der Waals surface area contributed by atoms with E-state index in [1.165, 1.54) is 22.3 Å². The van der Waals surface area contributed by atoms with E-state index in [1.54, 1.807) is 0 Å². The molecule has 0 saturated carbocycles. The summed E-state index contributed by atoms with van der Waals surface area (Å²) in [5, 5.41) is 3.41. The summed E-state index contributed by atoms with van der Waals surface area (Å²) >= 11 is 1.48.